The Morgan fingerprint density at radius 3 is 2.39 bits per heavy atom. The van der Waals surface area contributed by atoms with E-state index in [1.165, 1.54) is 12.1 Å². The highest BCUT2D eigenvalue weighted by Gasteiger charge is 2.37. The molecule has 0 aliphatic carbocycles. The zero-order valence-corrected chi connectivity index (χ0v) is 21.8. The van der Waals surface area contributed by atoms with E-state index in [0.717, 1.165) is 34.6 Å². The standard InChI is InChI=1S/C31H31FN4O2/c1-4-22-9-7-10-25(19-22)33-31(38)35(21(2)3)20-29(37)36-27-12-6-5-11-26(27)34-18-8-13-28(34)30(36)23-14-16-24(32)17-15-23/h5-19,21,30H,4,20H2,1-3H3,(H,33,38). The number of nitrogens with one attached hydrogen (secondary N) is 1. The molecule has 0 spiro atoms. The van der Waals surface area contributed by atoms with Crippen LogP contribution in [0.15, 0.2) is 91.1 Å². The van der Waals surface area contributed by atoms with Gasteiger partial charge in [-0.1, -0.05) is 43.3 Å². The summed E-state index contributed by atoms with van der Waals surface area (Å²) >= 11 is 0. The fourth-order valence-electron chi connectivity index (χ4n) is 5.00. The first-order chi connectivity index (χ1) is 18.4. The first-order valence-electron chi connectivity index (χ1n) is 12.9. The highest BCUT2D eigenvalue weighted by atomic mass is 19.1. The molecule has 1 aromatic heterocycles. The molecular weight excluding hydrogens is 479 g/mol. The van der Waals surface area contributed by atoms with Gasteiger partial charge in [-0.05, 0) is 79.9 Å². The number of aromatic nitrogens is 1. The molecule has 194 valence electrons. The van der Waals surface area contributed by atoms with Gasteiger partial charge in [0.05, 0.1) is 17.1 Å². The number of carbonyl (C=O) groups excluding carboxylic acids is 2. The van der Waals surface area contributed by atoms with Crippen LogP contribution in [0.3, 0.4) is 0 Å². The van der Waals surface area contributed by atoms with E-state index < -0.39 is 6.04 Å². The van der Waals surface area contributed by atoms with Gasteiger partial charge in [0.15, 0.2) is 0 Å². The number of para-hydroxylation sites is 2. The van der Waals surface area contributed by atoms with E-state index in [-0.39, 0.29) is 30.3 Å². The van der Waals surface area contributed by atoms with E-state index in [9.17, 15) is 14.0 Å². The summed E-state index contributed by atoms with van der Waals surface area (Å²) in [6.07, 6.45) is 2.82. The number of aryl methyl sites for hydroxylation is 1. The molecule has 38 heavy (non-hydrogen) atoms. The topological polar surface area (TPSA) is 57.6 Å². The number of nitrogens with zero attached hydrogens (tertiary/aromatic N) is 3. The van der Waals surface area contributed by atoms with E-state index in [1.807, 2.05) is 80.7 Å². The number of hydrogen-bond donors (Lipinski definition) is 1. The van der Waals surface area contributed by atoms with Crippen LogP contribution in [0.4, 0.5) is 20.6 Å². The highest BCUT2D eigenvalue weighted by Crippen LogP contribution is 2.42. The lowest BCUT2D eigenvalue weighted by Gasteiger charge is -2.40. The predicted molar refractivity (Wildman–Crippen MR) is 148 cm³/mol. The molecule has 0 radical (unpaired) electrons. The SMILES string of the molecule is CCc1cccc(NC(=O)N(CC(=O)N2c3ccccc3-n3cccc3C2c2ccc(F)cc2)C(C)C)c1. The van der Waals surface area contributed by atoms with Crippen LogP contribution in [0, 0.1) is 5.82 Å². The number of amides is 3. The van der Waals surface area contributed by atoms with Crippen molar-refractivity contribution >= 4 is 23.3 Å². The Morgan fingerprint density at radius 1 is 0.947 bits per heavy atom. The quantitative estimate of drug-likeness (QED) is 0.320. The van der Waals surface area contributed by atoms with Crippen LogP contribution in [0.5, 0.6) is 0 Å². The number of rotatable bonds is 6. The summed E-state index contributed by atoms with van der Waals surface area (Å²) in [6, 6.07) is 24.5. The van der Waals surface area contributed by atoms with Crippen molar-refractivity contribution in [3.05, 3.63) is 114 Å². The Labute approximate surface area is 222 Å². The van der Waals surface area contributed by atoms with Crippen molar-refractivity contribution in [3.8, 4) is 5.69 Å². The normalized spacial score (nSPS) is 14.1. The molecule has 1 N–H and O–H groups in total. The number of halogens is 1. The van der Waals surface area contributed by atoms with Crippen LogP contribution in [-0.4, -0.2) is 34.0 Å². The summed E-state index contributed by atoms with van der Waals surface area (Å²) < 4.78 is 15.9. The van der Waals surface area contributed by atoms with Gasteiger partial charge < -0.3 is 14.8 Å². The summed E-state index contributed by atoms with van der Waals surface area (Å²) in [6.45, 7) is 5.72. The average molecular weight is 511 g/mol. The summed E-state index contributed by atoms with van der Waals surface area (Å²) in [7, 11) is 0. The molecular formula is C31H31FN4O2. The maximum Gasteiger partial charge on any atom is 0.322 e. The molecule has 1 atom stereocenters. The maximum atomic E-state index is 14.1. The lowest BCUT2D eigenvalue weighted by molar-refractivity contribution is -0.119. The van der Waals surface area contributed by atoms with Gasteiger partial charge >= 0.3 is 6.03 Å². The van der Waals surface area contributed by atoms with Gasteiger partial charge in [0.1, 0.15) is 18.4 Å². The van der Waals surface area contributed by atoms with E-state index >= 15 is 0 Å². The molecule has 1 aliphatic heterocycles. The molecule has 0 saturated heterocycles. The molecule has 5 rings (SSSR count). The summed E-state index contributed by atoms with van der Waals surface area (Å²) in [4.78, 5) is 30.8. The zero-order valence-electron chi connectivity index (χ0n) is 21.8. The second-order valence-electron chi connectivity index (χ2n) is 9.72. The molecule has 0 saturated carbocycles. The number of anilines is 2. The second-order valence-corrected chi connectivity index (χ2v) is 9.72. The lowest BCUT2D eigenvalue weighted by atomic mass is 9.97. The second kappa shape index (κ2) is 10.5. The third kappa shape index (κ3) is 4.79. The highest BCUT2D eigenvalue weighted by molar-refractivity contribution is 6.01. The minimum atomic E-state index is -0.480. The Kier molecular flexibility index (Phi) is 7.01. The van der Waals surface area contributed by atoms with Gasteiger partial charge in [-0.15, -0.1) is 0 Å². The molecule has 0 fully saturated rings. The third-order valence-corrected chi connectivity index (χ3v) is 6.95. The summed E-state index contributed by atoms with van der Waals surface area (Å²) in [5.74, 6) is -0.571. The minimum Gasteiger partial charge on any atom is -0.316 e. The summed E-state index contributed by atoms with van der Waals surface area (Å²) in [5.41, 5.74) is 5.08. The summed E-state index contributed by atoms with van der Waals surface area (Å²) in [5, 5.41) is 2.96. The fourth-order valence-corrected chi connectivity index (χ4v) is 5.00. The van der Waals surface area contributed by atoms with Crippen LogP contribution in [0.1, 0.15) is 43.6 Å². The maximum absolute atomic E-state index is 14.1. The van der Waals surface area contributed by atoms with Gasteiger partial charge in [0, 0.05) is 17.9 Å². The number of benzene rings is 3. The number of hydrogen-bond acceptors (Lipinski definition) is 2. The van der Waals surface area contributed by atoms with Crippen LogP contribution in [-0.2, 0) is 11.2 Å². The first-order valence-corrected chi connectivity index (χ1v) is 12.9. The minimum absolute atomic E-state index is 0.121. The van der Waals surface area contributed by atoms with Gasteiger partial charge in [-0.25, -0.2) is 9.18 Å². The van der Waals surface area contributed by atoms with E-state index in [2.05, 4.69) is 16.8 Å². The van der Waals surface area contributed by atoms with E-state index in [1.54, 1.807) is 21.9 Å². The number of carbonyl (C=O) groups is 2. The molecule has 0 bridgehead atoms. The molecule has 2 heterocycles. The molecule has 3 amide bonds. The largest absolute Gasteiger partial charge is 0.322 e. The van der Waals surface area contributed by atoms with Crippen LogP contribution >= 0.6 is 0 Å². The van der Waals surface area contributed by atoms with Crippen LogP contribution < -0.4 is 10.2 Å². The van der Waals surface area contributed by atoms with Crippen LogP contribution in [0.25, 0.3) is 5.69 Å². The average Bonchev–Trinajstić information content (AvgIpc) is 3.41. The van der Waals surface area contributed by atoms with Gasteiger partial charge in [0.2, 0.25) is 5.91 Å². The molecule has 4 aromatic rings. The fraction of sp³-hybridized carbons (Fsp3) is 0.226. The Hall–Kier alpha value is -4.39. The Bertz CT molecular complexity index is 1460. The molecule has 6 nitrogen and oxygen atoms in total. The smallest absolute Gasteiger partial charge is 0.316 e. The number of urea groups is 1. The molecule has 1 aliphatic rings. The van der Waals surface area contributed by atoms with Crippen molar-refractivity contribution in [2.75, 3.05) is 16.8 Å². The van der Waals surface area contributed by atoms with Crippen molar-refractivity contribution in [2.45, 2.75) is 39.3 Å². The van der Waals surface area contributed by atoms with Gasteiger partial charge in [-0.2, -0.15) is 0 Å². The van der Waals surface area contributed by atoms with Crippen molar-refractivity contribution in [1.29, 1.82) is 0 Å². The Morgan fingerprint density at radius 2 is 1.68 bits per heavy atom. The van der Waals surface area contributed by atoms with Crippen LogP contribution in [0.2, 0.25) is 0 Å². The van der Waals surface area contributed by atoms with E-state index in [0.29, 0.717) is 5.69 Å². The van der Waals surface area contributed by atoms with Crippen molar-refractivity contribution < 1.29 is 14.0 Å². The van der Waals surface area contributed by atoms with Crippen molar-refractivity contribution in [1.82, 2.24) is 9.47 Å². The van der Waals surface area contributed by atoms with Crippen molar-refractivity contribution in [3.63, 3.8) is 0 Å². The predicted octanol–water partition coefficient (Wildman–Crippen LogP) is 6.56. The van der Waals surface area contributed by atoms with E-state index in [4.69, 9.17) is 0 Å². The lowest BCUT2D eigenvalue weighted by Crippen LogP contribution is -2.49. The van der Waals surface area contributed by atoms with Crippen molar-refractivity contribution in [2.24, 2.45) is 0 Å². The molecule has 3 aromatic carbocycles. The van der Waals surface area contributed by atoms with Gasteiger partial charge in [0.25, 0.3) is 0 Å². The van der Waals surface area contributed by atoms with Gasteiger partial charge in [-0.3, -0.25) is 9.69 Å². The Balaban J connectivity index is 1.50. The first kappa shape index (κ1) is 25.3. The molecule has 7 heteroatoms. The number of fused-ring (bicyclic) bond motifs is 3. The third-order valence-electron chi connectivity index (χ3n) is 6.95. The zero-order chi connectivity index (χ0) is 26.8. The molecule has 1 unspecified atom stereocenters. The monoisotopic (exact) mass is 510 g/mol.